The van der Waals surface area contributed by atoms with Gasteiger partial charge in [0.15, 0.2) is 5.82 Å². The molecule has 4 heteroatoms. The lowest BCUT2D eigenvalue weighted by Crippen LogP contribution is -2.63. The fourth-order valence-corrected chi connectivity index (χ4v) is 3.36. The normalized spacial score (nSPS) is 45.4. The van der Waals surface area contributed by atoms with E-state index in [-0.39, 0.29) is 0 Å². The molecule has 0 amide bonds. The van der Waals surface area contributed by atoms with Crippen LogP contribution in [-0.4, -0.2) is 22.2 Å². The standard InChI is InChI=1S/C11H15N3O/c1-5(2)9-13-10(15-14-9)6-3-7-11(6)4-8(11)12-7/h5-8,12H,3-4H2,1-2H3. The highest BCUT2D eigenvalue weighted by atomic mass is 16.5. The van der Waals surface area contributed by atoms with E-state index < -0.39 is 0 Å². The second kappa shape index (κ2) is 2.26. The van der Waals surface area contributed by atoms with E-state index in [2.05, 4.69) is 29.3 Å². The summed E-state index contributed by atoms with van der Waals surface area (Å²) in [6, 6.07) is 1.51. The van der Waals surface area contributed by atoms with Gasteiger partial charge in [0.2, 0.25) is 5.89 Å². The number of piperidine rings is 1. The molecule has 2 aliphatic carbocycles. The van der Waals surface area contributed by atoms with Crippen molar-refractivity contribution in [1.29, 1.82) is 0 Å². The fourth-order valence-electron chi connectivity index (χ4n) is 3.36. The van der Waals surface area contributed by atoms with Crippen molar-refractivity contribution in [3.8, 4) is 0 Å². The van der Waals surface area contributed by atoms with Gasteiger partial charge in [-0.3, -0.25) is 0 Å². The predicted octanol–water partition coefficient (Wildman–Crippen LogP) is 1.41. The maximum atomic E-state index is 5.39. The molecule has 1 saturated heterocycles. The van der Waals surface area contributed by atoms with E-state index in [4.69, 9.17) is 4.52 Å². The van der Waals surface area contributed by atoms with Gasteiger partial charge in [-0.05, 0) is 12.8 Å². The minimum Gasteiger partial charge on any atom is -0.339 e. The molecule has 0 radical (unpaired) electrons. The summed E-state index contributed by atoms with van der Waals surface area (Å²) in [7, 11) is 0. The van der Waals surface area contributed by atoms with Gasteiger partial charge < -0.3 is 9.84 Å². The van der Waals surface area contributed by atoms with Gasteiger partial charge in [-0.25, -0.2) is 0 Å². The topological polar surface area (TPSA) is 51.0 Å². The monoisotopic (exact) mass is 205 g/mol. The second-order valence-electron chi connectivity index (χ2n) is 5.52. The molecule has 1 aromatic rings. The van der Waals surface area contributed by atoms with E-state index in [1.165, 1.54) is 12.8 Å². The highest BCUT2D eigenvalue weighted by Gasteiger charge is 2.78. The van der Waals surface area contributed by atoms with Crippen molar-refractivity contribution in [3.63, 3.8) is 0 Å². The van der Waals surface area contributed by atoms with Crippen LogP contribution < -0.4 is 5.32 Å². The molecule has 1 aromatic heterocycles. The van der Waals surface area contributed by atoms with Gasteiger partial charge in [0.25, 0.3) is 0 Å². The average Bonchev–Trinajstić information content (AvgIpc) is 2.66. The van der Waals surface area contributed by atoms with Gasteiger partial charge >= 0.3 is 0 Å². The number of rotatable bonds is 2. The molecule has 1 N–H and O–H groups in total. The Kier molecular flexibility index (Phi) is 1.25. The molecule has 4 atom stereocenters. The lowest BCUT2D eigenvalue weighted by molar-refractivity contribution is 0.0380. The minimum absolute atomic E-state index is 0.366. The zero-order chi connectivity index (χ0) is 10.2. The summed E-state index contributed by atoms with van der Waals surface area (Å²) in [6.07, 6.45) is 2.51. The van der Waals surface area contributed by atoms with Gasteiger partial charge in [0, 0.05) is 29.3 Å². The van der Waals surface area contributed by atoms with Crippen LogP contribution in [0.25, 0.3) is 0 Å². The molecule has 80 valence electrons. The summed E-state index contributed by atoms with van der Waals surface area (Å²) >= 11 is 0. The van der Waals surface area contributed by atoms with Crippen LogP contribution in [-0.2, 0) is 0 Å². The Hall–Kier alpha value is -0.900. The maximum Gasteiger partial charge on any atom is 0.230 e. The summed E-state index contributed by atoms with van der Waals surface area (Å²) < 4.78 is 5.39. The molecule has 2 saturated carbocycles. The molecule has 0 aromatic carbocycles. The van der Waals surface area contributed by atoms with E-state index in [1.807, 2.05) is 0 Å². The first-order chi connectivity index (χ1) is 7.22. The number of nitrogens with zero attached hydrogens (tertiary/aromatic N) is 2. The molecule has 2 heterocycles. The van der Waals surface area contributed by atoms with E-state index in [0.29, 0.717) is 17.3 Å². The van der Waals surface area contributed by atoms with Gasteiger partial charge in [0.1, 0.15) is 0 Å². The van der Waals surface area contributed by atoms with Crippen LogP contribution >= 0.6 is 0 Å². The fraction of sp³-hybridized carbons (Fsp3) is 0.818. The van der Waals surface area contributed by atoms with Crippen LogP contribution in [0.2, 0.25) is 0 Å². The predicted molar refractivity (Wildman–Crippen MR) is 53.5 cm³/mol. The molecule has 4 rings (SSSR count). The smallest absolute Gasteiger partial charge is 0.230 e. The van der Waals surface area contributed by atoms with Crippen LogP contribution in [0.15, 0.2) is 4.52 Å². The lowest BCUT2D eigenvalue weighted by Gasteiger charge is -2.52. The molecule has 15 heavy (non-hydrogen) atoms. The zero-order valence-corrected chi connectivity index (χ0v) is 9.03. The summed E-state index contributed by atoms with van der Waals surface area (Å²) in [5.74, 6) is 2.66. The maximum absolute atomic E-state index is 5.39. The molecular weight excluding hydrogens is 190 g/mol. The van der Waals surface area contributed by atoms with Crippen LogP contribution in [0.5, 0.6) is 0 Å². The Morgan fingerprint density at radius 1 is 1.47 bits per heavy atom. The van der Waals surface area contributed by atoms with E-state index in [9.17, 15) is 0 Å². The van der Waals surface area contributed by atoms with Crippen molar-refractivity contribution in [2.24, 2.45) is 5.41 Å². The Bertz CT molecular complexity index is 427. The third kappa shape index (κ3) is 0.794. The number of aromatic nitrogens is 2. The van der Waals surface area contributed by atoms with Crippen molar-refractivity contribution in [2.75, 3.05) is 0 Å². The Morgan fingerprint density at radius 3 is 2.87 bits per heavy atom. The summed E-state index contributed by atoms with van der Waals surface area (Å²) in [6.45, 7) is 4.20. The molecule has 4 nitrogen and oxygen atoms in total. The van der Waals surface area contributed by atoms with E-state index >= 15 is 0 Å². The van der Waals surface area contributed by atoms with Crippen LogP contribution in [0.1, 0.15) is 50.2 Å². The zero-order valence-electron chi connectivity index (χ0n) is 9.03. The average molecular weight is 205 g/mol. The highest BCUT2D eigenvalue weighted by Crippen LogP contribution is 2.74. The van der Waals surface area contributed by atoms with Crippen LogP contribution in [0.3, 0.4) is 0 Å². The molecule has 1 aliphatic heterocycles. The van der Waals surface area contributed by atoms with Crippen molar-refractivity contribution in [2.45, 2.75) is 50.6 Å². The lowest BCUT2D eigenvalue weighted by atomic mass is 9.61. The Labute approximate surface area is 88.4 Å². The van der Waals surface area contributed by atoms with Gasteiger partial charge in [0.05, 0.1) is 0 Å². The van der Waals surface area contributed by atoms with Crippen molar-refractivity contribution in [1.82, 2.24) is 15.5 Å². The van der Waals surface area contributed by atoms with E-state index in [0.717, 1.165) is 23.8 Å². The molecule has 4 unspecified atom stereocenters. The van der Waals surface area contributed by atoms with Gasteiger partial charge in [-0.1, -0.05) is 19.0 Å². The van der Waals surface area contributed by atoms with Gasteiger partial charge in [-0.15, -0.1) is 0 Å². The van der Waals surface area contributed by atoms with Crippen LogP contribution in [0, 0.1) is 5.41 Å². The number of hydrogen-bond acceptors (Lipinski definition) is 4. The highest BCUT2D eigenvalue weighted by molar-refractivity contribution is 5.37. The Morgan fingerprint density at radius 2 is 2.33 bits per heavy atom. The summed E-state index contributed by atoms with van der Waals surface area (Å²) in [5.41, 5.74) is 0.542. The number of hydrogen-bond donors (Lipinski definition) is 1. The number of nitrogens with one attached hydrogen (secondary N) is 1. The molecule has 0 bridgehead atoms. The third-order valence-corrected chi connectivity index (χ3v) is 4.49. The van der Waals surface area contributed by atoms with Gasteiger partial charge in [-0.2, -0.15) is 4.98 Å². The second-order valence-corrected chi connectivity index (χ2v) is 5.52. The minimum atomic E-state index is 0.366. The third-order valence-electron chi connectivity index (χ3n) is 4.49. The first-order valence-electron chi connectivity index (χ1n) is 5.81. The molecule has 3 fully saturated rings. The largest absolute Gasteiger partial charge is 0.339 e. The van der Waals surface area contributed by atoms with Crippen molar-refractivity contribution >= 4 is 0 Å². The quantitative estimate of drug-likeness (QED) is 0.793. The van der Waals surface area contributed by atoms with E-state index in [1.54, 1.807) is 0 Å². The van der Waals surface area contributed by atoms with Crippen molar-refractivity contribution in [3.05, 3.63) is 11.7 Å². The molecular formula is C11H15N3O. The van der Waals surface area contributed by atoms with Crippen molar-refractivity contribution < 1.29 is 4.52 Å². The molecule has 1 spiro atoms. The molecule has 3 aliphatic rings. The Balaban J connectivity index is 1.62. The first-order valence-corrected chi connectivity index (χ1v) is 5.81. The summed E-state index contributed by atoms with van der Waals surface area (Å²) in [5, 5.41) is 7.59. The van der Waals surface area contributed by atoms with Crippen LogP contribution in [0.4, 0.5) is 0 Å². The SMILES string of the molecule is CC(C)c1noc(C2CC3NC4CC342)n1. The summed E-state index contributed by atoms with van der Waals surface area (Å²) in [4.78, 5) is 4.52. The first kappa shape index (κ1) is 8.28.